The molecule has 1 heterocycles. The normalized spacial score (nSPS) is 11.1. The first-order valence-corrected chi connectivity index (χ1v) is 5.76. The molecule has 3 rings (SSSR count). The molecule has 0 saturated heterocycles. The summed E-state index contributed by atoms with van der Waals surface area (Å²) in [5, 5.41) is 0. The van der Waals surface area contributed by atoms with Gasteiger partial charge in [0, 0.05) is 17.8 Å². The molecule has 0 unspecified atom stereocenters. The Morgan fingerprint density at radius 2 is 1.79 bits per heavy atom. The van der Waals surface area contributed by atoms with Crippen LogP contribution in [0.25, 0.3) is 16.7 Å². The van der Waals surface area contributed by atoms with E-state index in [0.717, 1.165) is 17.3 Å². The van der Waals surface area contributed by atoms with Gasteiger partial charge in [0.15, 0.2) is 5.82 Å². The van der Waals surface area contributed by atoms with Crippen molar-refractivity contribution in [3.63, 3.8) is 0 Å². The molecule has 3 aromatic rings. The van der Waals surface area contributed by atoms with Gasteiger partial charge in [-0.3, -0.25) is 4.57 Å². The molecule has 0 bridgehead atoms. The topological polar surface area (TPSA) is 43.8 Å². The van der Waals surface area contributed by atoms with Crippen molar-refractivity contribution in [3.8, 4) is 5.69 Å². The summed E-state index contributed by atoms with van der Waals surface area (Å²) < 4.78 is 28.5. The molecule has 0 amide bonds. The van der Waals surface area contributed by atoms with Gasteiger partial charge in [-0.05, 0) is 19.1 Å². The largest absolute Gasteiger partial charge is 0.369 e. The molecule has 0 saturated carbocycles. The van der Waals surface area contributed by atoms with Crippen LogP contribution in [0.2, 0.25) is 0 Å². The Bertz CT molecular complexity index is 760. The lowest BCUT2D eigenvalue weighted by Crippen LogP contribution is -2.00. The van der Waals surface area contributed by atoms with Crippen LogP contribution < -0.4 is 5.73 Å². The maximum Gasteiger partial charge on any atom is 0.206 e. The SMILES string of the molecule is Cc1ccc(-n2c(N)nc3c(F)cc(F)cc32)cc1. The van der Waals surface area contributed by atoms with E-state index in [0.29, 0.717) is 5.52 Å². The summed E-state index contributed by atoms with van der Waals surface area (Å²) in [6, 6.07) is 9.48. The van der Waals surface area contributed by atoms with E-state index in [1.165, 1.54) is 10.6 Å². The highest BCUT2D eigenvalue weighted by atomic mass is 19.1. The number of benzene rings is 2. The van der Waals surface area contributed by atoms with Crippen molar-refractivity contribution in [1.82, 2.24) is 9.55 Å². The number of hydrogen-bond acceptors (Lipinski definition) is 2. The first-order chi connectivity index (χ1) is 9.06. The number of anilines is 1. The average Bonchev–Trinajstić information content (AvgIpc) is 2.67. The number of nitrogens with two attached hydrogens (primary N) is 1. The van der Waals surface area contributed by atoms with E-state index in [-0.39, 0.29) is 11.5 Å². The Morgan fingerprint density at radius 1 is 1.11 bits per heavy atom. The summed E-state index contributed by atoms with van der Waals surface area (Å²) in [5.74, 6) is -1.24. The van der Waals surface area contributed by atoms with Crippen LogP contribution >= 0.6 is 0 Å². The zero-order chi connectivity index (χ0) is 13.6. The molecule has 96 valence electrons. The average molecular weight is 259 g/mol. The number of aryl methyl sites for hydroxylation is 1. The van der Waals surface area contributed by atoms with Crippen molar-refractivity contribution in [2.75, 3.05) is 5.73 Å². The molecule has 0 aliphatic carbocycles. The zero-order valence-corrected chi connectivity index (χ0v) is 10.2. The maximum atomic E-state index is 13.6. The van der Waals surface area contributed by atoms with Crippen LogP contribution in [0.5, 0.6) is 0 Å². The summed E-state index contributed by atoms with van der Waals surface area (Å²) >= 11 is 0. The van der Waals surface area contributed by atoms with Crippen molar-refractivity contribution in [2.24, 2.45) is 0 Å². The predicted molar refractivity (Wildman–Crippen MR) is 70.1 cm³/mol. The second-order valence-electron chi connectivity index (χ2n) is 4.40. The standard InChI is InChI=1S/C14H11F2N3/c1-8-2-4-10(5-3-8)19-12-7-9(15)6-11(16)13(12)18-14(19)17/h2-7H,1H3,(H2,17,18). The third kappa shape index (κ3) is 1.83. The van der Waals surface area contributed by atoms with E-state index in [4.69, 9.17) is 5.73 Å². The molecule has 0 fully saturated rings. The number of nitrogens with zero attached hydrogens (tertiary/aromatic N) is 2. The lowest BCUT2D eigenvalue weighted by molar-refractivity contribution is 0.590. The Balaban J connectivity index is 2.34. The molecule has 19 heavy (non-hydrogen) atoms. The minimum absolute atomic E-state index is 0.0690. The molecule has 5 heteroatoms. The number of halogens is 2. The highest BCUT2D eigenvalue weighted by Gasteiger charge is 2.14. The van der Waals surface area contributed by atoms with Gasteiger partial charge in [-0.1, -0.05) is 17.7 Å². The van der Waals surface area contributed by atoms with E-state index < -0.39 is 11.6 Å². The molecule has 2 N–H and O–H groups in total. The molecule has 0 aliphatic rings. The molecular formula is C14H11F2N3. The van der Waals surface area contributed by atoms with Gasteiger partial charge in [0.25, 0.3) is 0 Å². The van der Waals surface area contributed by atoms with E-state index >= 15 is 0 Å². The fourth-order valence-corrected chi connectivity index (χ4v) is 2.09. The summed E-state index contributed by atoms with van der Waals surface area (Å²) in [6.45, 7) is 1.96. The van der Waals surface area contributed by atoms with Crippen molar-refractivity contribution in [3.05, 3.63) is 53.6 Å². The van der Waals surface area contributed by atoms with Gasteiger partial charge in [0.2, 0.25) is 5.95 Å². The van der Waals surface area contributed by atoms with Gasteiger partial charge >= 0.3 is 0 Å². The Hall–Kier alpha value is -2.43. The van der Waals surface area contributed by atoms with Crippen molar-refractivity contribution in [1.29, 1.82) is 0 Å². The smallest absolute Gasteiger partial charge is 0.206 e. The van der Waals surface area contributed by atoms with Gasteiger partial charge < -0.3 is 5.73 Å². The number of nitrogen functional groups attached to an aromatic ring is 1. The van der Waals surface area contributed by atoms with Crippen molar-refractivity contribution >= 4 is 17.0 Å². The molecule has 0 aliphatic heterocycles. The first kappa shape index (κ1) is 11.6. The van der Waals surface area contributed by atoms with Gasteiger partial charge in [-0.25, -0.2) is 13.8 Å². The monoisotopic (exact) mass is 259 g/mol. The molecule has 0 spiro atoms. The van der Waals surface area contributed by atoms with Crippen molar-refractivity contribution < 1.29 is 8.78 Å². The first-order valence-electron chi connectivity index (χ1n) is 5.76. The molecule has 1 aromatic heterocycles. The van der Waals surface area contributed by atoms with Crippen LogP contribution in [0.4, 0.5) is 14.7 Å². The molecule has 3 nitrogen and oxygen atoms in total. The summed E-state index contributed by atoms with van der Waals surface area (Å²) in [5.41, 5.74) is 8.00. The number of aromatic nitrogens is 2. The third-order valence-corrected chi connectivity index (χ3v) is 3.00. The van der Waals surface area contributed by atoms with Gasteiger partial charge in [0.1, 0.15) is 11.3 Å². The summed E-state index contributed by atoms with van der Waals surface area (Å²) in [6.07, 6.45) is 0. The molecular weight excluding hydrogens is 248 g/mol. The van der Waals surface area contributed by atoms with Crippen molar-refractivity contribution in [2.45, 2.75) is 6.92 Å². The molecule has 0 atom stereocenters. The minimum atomic E-state index is -0.715. The number of hydrogen-bond donors (Lipinski definition) is 1. The lowest BCUT2D eigenvalue weighted by atomic mass is 10.2. The van der Waals surface area contributed by atoms with Gasteiger partial charge in [-0.2, -0.15) is 0 Å². The van der Waals surface area contributed by atoms with Crippen LogP contribution in [-0.4, -0.2) is 9.55 Å². The fraction of sp³-hybridized carbons (Fsp3) is 0.0714. The molecule has 2 aromatic carbocycles. The zero-order valence-electron chi connectivity index (χ0n) is 10.2. The van der Waals surface area contributed by atoms with Crippen LogP contribution in [0.3, 0.4) is 0 Å². The van der Waals surface area contributed by atoms with Crippen LogP contribution in [0.1, 0.15) is 5.56 Å². The Kier molecular flexibility index (Phi) is 2.48. The Labute approximate surface area is 108 Å². The van der Waals surface area contributed by atoms with Crippen LogP contribution in [0.15, 0.2) is 36.4 Å². The van der Waals surface area contributed by atoms with Crippen LogP contribution in [0, 0.1) is 18.6 Å². The Morgan fingerprint density at radius 3 is 2.47 bits per heavy atom. The lowest BCUT2D eigenvalue weighted by Gasteiger charge is -2.06. The second kappa shape index (κ2) is 4.05. The van der Waals surface area contributed by atoms with E-state index in [1.54, 1.807) is 0 Å². The fourth-order valence-electron chi connectivity index (χ4n) is 2.09. The summed E-state index contributed by atoms with van der Waals surface area (Å²) in [4.78, 5) is 3.95. The number of imidazole rings is 1. The quantitative estimate of drug-likeness (QED) is 0.729. The highest BCUT2D eigenvalue weighted by Crippen LogP contribution is 2.26. The molecule has 0 radical (unpaired) electrons. The minimum Gasteiger partial charge on any atom is -0.369 e. The van der Waals surface area contributed by atoms with E-state index in [1.807, 2.05) is 31.2 Å². The van der Waals surface area contributed by atoms with E-state index in [9.17, 15) is 8.78 Å². The third-order valence-electron chi connectivity index (χ3n) is 3.00. The number of rotatable bonds is 1. The van der Waals surface area contributed by atoms with Gasteiger partial charge in [0.05, 0.1) is 5.52 Å². The van der Waals surface area contributed by atoms with Crippen LogP contribution in [-0.2, 0) is 0 Å². The second-order valence-corrected chi connectivity index (χ2v) is 4.40. The predicted octanol–water partition coefficient (Wildman–Crippen LogP) is 3.19. The number of fused-ring (bicyclic) bond motifs is 1. The van der Waals surface area contributed by atoms with Gasteiger partial charge in [-0.15, -0.1) is 0 Å². The van der Waals surface area contributed by atoms with E-state index in [2.05, 4.69) is 4.98 Å². The maximum absolute atomic E-state index is 13.6. The summed E-state index contributed by atoms with van der Waals surface area (Å²) in [7, 11) is 0. The highest BCUT2D eigenvalue weighted by molar-refractivity contribution is 5.81.